The van der Waals surface area contributed by atoms with Gasteiger partial charge in [-0.2, -0.15) is 0 Å². The average molecular weight is 518 g/mol. The topological polar surface area (TPSA) is 64.0 Å². The lowest BCUT2D eigenvalue weighted by Gasteiger charge is -2.20. The van der Waals surface area contributed by atoms with Crippen LogP contribution in [0.2, 0.25) is 0 Å². The van der Waals surface area contributed by atoms with Gasteiger partial charge in [0.1, 0.15) is 4.83 Å². The number of hydrogen-bond acceptors (Lipinski definition) is 5. The number of rotatable bonds is 9. The van der Waals surface area contributed by atoms with Crippen LogP contribution in [-0.4, -0.2) is 21.2 Å². The summed E-state index contributed by atoms with van der Waals surface area (Å²) in [5, 5.41) is 6.25. The predicted octanol–water partition coefficient (Wildman–Crippen LogP) is 7.29. The lowest BCUT2D eigenvalue weighted by Crippen LogP contribution is -2.24. The fourth-order valence-electron chi connectivity index (χ4n) is 4.24. The lowest BCUT2D eigenvalue weighted by molar-refractivity contribution is -0.113. The molecule has 0 fully saturated rings. The van der Waals surface area contributed by atoms with Crippen molar-refractivity contribution in [2.24, 2.45) is 0 Å². The van der Waals surface area contributed by atoms with Gasteiger partial charge >= 0.3 is 0 Å². The molecule has 0 saturated heterocycles. The third kappa shape index (κ3) is 5.32. The number of carbonyl (C=O) groups is 1. The average Bonchev–Trinajstić information content (AvgIpc) is 3.29. The Morgan fingerprint density at radius 2 is 1.75 bits per heavy atom. The first-order valence-electron chi connectivity index (χ1n) is 12.1. The number of fused-ring (bicyclic) bond motifs is 1. The van der Waals surface area contributed by atoms with Gasteiger partial charge in [0.2, 0.25) is 5.91 Å². The molecule has 0 bridgehead atoms. The first-order valence-corrected chi connectivity index (χ1v) is 13.9. The molecule has 2 heterocycles. The molecule has 7 heteroatoms. The van der Waals surface area contributed by atoms with E-state index in [9.17, 15) is 9.59 Å². The number of hydrogen-bond donors (Lipinski definition) is 1. The van der Waals surface area contributed by atoms with E-state index < -0.39 is 0 Å². The van der Waals surface area contributed by atoms with Crippen molar-refractivity contribution < 1.29 is 4.79 Å². The van der Waals surface area contributed by atoms with Gasteiger partial charge in [-0.1, -0.05) is 94.1 Å². The molecule has 0 aliphatic carbocycles. The van der Waals surface area contributed by atoms with Crippen LogP contribution in [0.5, 0.6) is 0 Å². The van der Waals surface area contributed by atoms with E-state index in [0.717, 1.165) is 27.9 Å². The van der Waals surface area contributed by atoms with Gasteiger partial charge in [-0.05, 0) is 28.5 Å². The summed E-state index contributed by atoms with van der Waals surface area (Å²) in [5.41, 5.74) is 4.88. The largest absolute Gasteiger partial charge is 0.325 e. The number of benzene rings is 2. The number of allylic oxidation sites excluding steroid dienone is 1. The molecule has 2 aromatic carbocycles. The summed E-state index contributed by atoms with van der Waals surface area (Å²) in [5.74, 6) is 0.596. The third-order valence-electron chi connectivity index (χ3n) is 6.02. The minimum Gasteiger partial charge on any atom is -0.325 e. The summed E-state index contributed by atoms with van der Waals surface area (Å²) < 4.78 is 1.61. The molecular weight excluding hydrogens is 486 g/mol. The van der Waals surface area contributed by atoms with Gasteiger partial charge in [-0.25, -0.2) is 4.98 Å². The number of thioether (sulfide) groups is 1. The molecule has 186 valence electrons. The maximum absolute atomic E-state index is 13.5. The number of nitrogens with zero attached hydrogens (tertiary/aromatic N) is 2. The van der Waals surface area contributed by atoms with Crippen molar-refractivity contribution in [2.75, 3.05) is 11.1 Å². The van der Waals surface area contributed by atoms with Crippen molar-refractivity contribution in [1.82, 2.24) is 9.55 Å². The summed E-state index contributed by atoms with van der Waals surface area (Å²) in [4.78, 5) is 32.1. The van der Waals surface area contributed by atoms with Crippen LogP contribution in [0.1, 0.15) is 50.7 Å². The number of thiophene rings is 1. The van der Waals surface area contributed by atoms with Crippen LogP contribution < -0.4 is 10.9 Å². The summed E-state index contributed by atoms with van der Waals surface area (Å²) >= 11 is 2.72. The molecule has 1 N–H and O–H groups in total. The van der Waals surface area contributed by atoms with Crippen LogP contribution in [0.4, 0.5) is 5.69 Å². The first kappa shape index (κ1) is 25.9. The maximum atomic E-state index is 13.5. The highest BCUT2D eigenvalue weighted by atomic mass is 32.2. The summed E-state index contributed by atoms with van der Waals surface area (Å²) in [6.45, 7) is 12.6. The summed E-state index contributed by atoms with van der Waals surface area (Å²) in [7, 11) is 0. The Kier molecular flexibility index (Phi) is 8.11. The Morgan fingerprint density at radius 1 is 1.08 bits per heavy atom. The molecule has 0 aliphatic heterocycles. The molecule has 4 rings (SSSR count). The summed E-state index contributed by atoms with van der Waals surface area (Å²) in [6.07, 6.45) is 1.68. The molecule has 5 nitrogen and oxygen atoms in total. The zero-order valence-electron chi connectivity index (χ0n) is 21.1. The molecule has 0 atom stereocenters. The van der Waals surface area contributed by atoms with Gasteiger partial charge in [-0.3, -0.25) is 14.2 Å². The zero-order chi connectivity index (χ0) is 25.8. The number of carbonyl (C=O) groups excluding carboxylic acids is 1. The Morgan fingerprint density at radius 3 is 2.36 bits per heavy atom. The molecule has 0 unspecified atom stereocenters. The molecule has 2 aromatic heterocycles. The van der Waals surface area contributed by atoms with E-state index in [-0.39, 0.29) is 29.1 Å². The van der Waals surface area contributed by atoms with Crippen LogP contribution in [0.25, 0.3) is 21.3 Å². The van der Waals surface area contributed by atoms with Gasteiger partial charge in [0.15, 0.2) is 5.16 Å². The highest BCUT2D eigenvalue weighted by Crippen LogP contribution is 2.34. The van der Waals surface area contributed by atoms with Crippen molar-refractivity contribution in [1.29, 1.82) is 0 Å². The van der Waals surface area contributed by atoms with Crippen molar-refractivity contribution in [3.63, 3.8) is 0 Å². The second-order valence-corrected chi connectivity index (χ2v) is 11.1. The Balaban J connectivity index is 1.63. The fraction of sp³-hybridized carbons (Fsp3) is 0.276. The van der Waals surface area contributed by atoms with Crippen LogP contribution in [-0.2, 0) is 11.3 Å². The van der Waals surface area contributed by atoms with E-state index in [1.54, 1.807) is 10.6 Å². The van der Waals surface area contributed by atoms with Crippen molar-refractivity contribution >= 4 is 44.9 Å². The van der Waals surface area contributed by atoms with E-state index >= 15 is 0 Å². The van der Waals surface area contributed by atoms with E-state index in [0.29, 0.717) is 21.9 Å². The number of amides is 1. The quantitative estimate of drug-likeness (QED) is 0.144. The van der Waals surface area contributed by atoms with Gasteiger partial charge in [-0.15, -0.1) is 17.9 Å². The van der Waals surface area contributed by atoms with E-state index in [1.807, 2.05) is 41.8 Å². The molecule has 0 saturated carbocycles. The predicted molar refractivity (Wildman–Crippen MR) is 153 cm³/mol. The smallest absolute Gasteiger partial charge is 0.263 e. The minimum absolute atomic E-state index is 0.116. The lowest BCUT2D eigenvalue weighted by atomic mass is 9.92. The third-order valence-corrected chi connectivity index (χ3v) is 7.87. The van der Waals surface area contributed by atoms with Gasteiger partial charge in [0.05, 0.1) is 11.1 Å². The number of anilines is 1. The monoisotopic (exact) mass is 517 g/mol. The summed E-state index contributed by atoms with van der Waals surface area (Å²) in [6, 6.07) is 16.0. The maximum Gasteiger partial charge on any atom is 0.263 e. The van der Waals surface area contributed by atoms with Crippen LogP contribution in [0.15, 0.2) is 76.5 Å². The Bertz CT molecular complexity index is 1430. The van der Waals surface area contributed by atoms with Gasteiger partial charge in [0, 0.05) is 23.2 Å². The molecule has 36 heavy (non-hydrogen) atoms. The highest BCUT2D eigenvalue weighted by Gasteiger charge is 2.19. The molecule has 1 amide bonds. The number of nitrogens with one attached hydrogen (secondary N) is 1. The van der Waals surface area contributed by atoms with E-state index in [4.69, 9.17) is 4.98 Å². The van der Waals surface area contributed by atoms with Crippen LogP contribution in [0, 0.1) is 0 Å². The molecular formula is C29H31N3O2S2. The van der Waals surface area contributed by atoms with Gasteiger partial charge in [0.25, 0.3) is 5.56 Å². The molecule has 0 spiro atoms. The molecule has 0 aliphatic rings. The van der Waals surface area contributed by atoms with E-state index in [2.05, 4.69) is 51.7 Å². The number of para-hydroxylation sites is 1. The second kappa shape index (κ2) is 11.3. The van der Waals surface area contributed by atoms with Crippen molar-refractivity contribution in [3.05, 3.63) is 88.0 Å². The fourth-order valence-corrected chi connectivity index (χ4v) is 6.03. The standard InChI is InChI=1S/C29H31N3O2S2/c1-6-15-32-28(34)25-23(20-11-8-7-9-12-20)16-35-27(25)31-29(32)36-17-24(33)30-26-21(18(2)3)13-10-14-22(26)19(4)5/h6-14,16,18-19H,1,15,17H2,2-5H3,(H,30,33). The Labute approximate surface area is 220 Å². The number of aromatic nitrogens is 2. The SMILES string of the molecule is C=CCn1c(SCC(=O)Nc2c(C(C)C)cccc2C(C)C)nc2scc(-c3ccccc3)c2c1=O. The van der Waals surface area contributed by atoms with Gasteiger partial charge < -0.3 is 5.32 Å². The first-order chi connectivity index (χ1) is 17.3. The highest BCUT2D eigenvalue weighted by molar-refractivity contribution is 7.99. The molecule has 4 aromatic rings. The van der Waals surface area contributed by atoms with Crippen molar-refractivity contribution in [2.45, 2.75) is 51.2 Å². The Hall–Kier alpha value is -3.16. The molecule has 0 radical (unpaired) electrons. The van der Waals surface area contributed by atoms with E-state index in [1.165, 1.54) is 23.1 Å². The normalized spacial score (nSPS) is 11.4. The minimum atomic E-state index is -0.120. The van der Waals surface area contributed by atoms with Crippen molar-refractivity contribution in [3.8, 4) is 11.1 Å². The second-order valence-electron chi connectivity index (χ2n) is 9.25. The zero-order valence-corrected chi connectivity index (χ0v) is 22.7. The van der Waals surface area contributed by atoms with Crippen LogP contribution in [0.3, 0.4) is 0 Å². The van der Waals surface area contributed by atoms with Crippen LogP contribution >= 0.6 is 23.1 Å².